The van der Waals surface area contributed by atoms with Gasteiger partial charge in [-0.05, 0) is 38.0 Å². The van der Waals surface area contributed by atoms with E-state index in [2.05, 4.69) is 25.9 Å². The first-order valence-corrected chi connectivity index (χ1v) is 8.44. The molecule has 26 heavy (non-hydrogen) atoms. The average molecular weight is 350 g/mol. The summed E-state index contributed by atoms with van der Waals surface area (Å²) in [6.07, 6.45) is 0.456. The fraction of sp³-hybridized carbons (Fsp3) is 0.263. The topological polar surface area (TPSA) is 91.1 Å². The summed E-state index contributed by atoms with van der Waals surface area (Å²) in [5.41, 5.74) is 2.76. The third-order valence-corrected chi connectivity index (χ3v) is 3.93. The summed E-state index contributed by atoms with van der Waals surface area (Å²) in [5, 5.41) is 17.7. The predicted molar refractivity (Wildman–Crippen MR) is 97.0 cm³/mol. The maximum atomic E-state index is 13.0. The summed E-state index contributed by atoms with van der Waals surface area (Å²) in [4.78, 5) is 13.0. The van der Waals surface area contributed by atoms with Crippen LogP contribution in [0.4, 0.5) is 5.69 Å². The van der Waals surface area contributed by atoms with Gasteiger partial charge in [0, 0.05) is 5.82 Å². The first-order chi connectivity index (χ1) is 12.7. The number of nitrogens with one attached hydrogen (secondary N) is 1. The number of hydrogen-bond acceptors (Lipinski definition) is 5. The molecule has 1 N–H and O–H groups in total. The summed E-state index contributed by atoms with van der Waals surface area (Å²) >= 11 is 0. The normalized spacial score (nSPS) is 11.8. The summed E-state index contributed by atoms with van der Waals surface area (Å²) in [6, 6.07) is 15.3. The monoisotopic (exact) mass is 350 g/mol. The minimum absolute atomic E-state index is 0.228. The fourth-order valence-electron chi connectivity index (χ4n) is 2.74. The summed E-state index contributed by atoms with van der Waals surface area (Å²) in [7, 11) is 0. The molecule has 3 rings (SSSR count). The second kappa shape index (κ2) is 8.24. The number of para-hydroxylation sites is 2. The van der Waals surface area contributed by atoms with Crippen molar-refractivity contribution in [2.24, 2.45) is 0 Å². The number of carbonyl (C=O) groups excluding carboxylic acids is 1. The van der Waals surface area contributed by atoms with Crippen LogP contribution in [-0.2, 0) is 11.2 Å². The van der Waals surface area contributed by atoms with E-state index in [-0.39, 0.29) is 5.91 Å². The molecule has 7 heteroatoms. The molecule has 1 aromatic heterocycles. The lowest BCUT2D eigenvalue weighted by molar-refractivity contribution is -0.117. The van der Waals surface area contributed by atoms with Gasteiger partial charge in [-0.1, -0.05) is 42.0 Å². The molecule has 1 heterocycles. The molecule has 3 aromatic rings. The van der Waals surface area contributed by atoms with E-state index in [9.17, 15) is 4.79 Å². The van der Waals surface area contributed by atoms with Crippen LogP contribution >= 0.6 is 0 Å². The van der Waals surface area contributed by atoms with Crippen LogP contribution < -0.4 is 15.2 Å². The number of nitrogens with zero attached hydrogens (tertiary/aromatic N) is 4. The minimum atomic E-state index is -0.596. The quantitative estimate of drug-likeness (QED) is 0.704. The van der Waals surface area contributed by atoms with Gasteiger partial charge in [-0.2, -0.15) is 5.21 Å². The second-order valence-electron chi connectivity index (χ2n) is 5.90. The van der Waals surface area contributed by atoms with Crippen LogP contribution in [0.3, 0.4) is 0 Å². The number of rotatable bonds is 7. The van der Waals surface area contributed by atoms with E-state index in [1.165, 1.54) is 0 Å². The van der Waals surface area contributed by atoms with Crippen LogP contribution in [0.25, 0.3) is 0 Å². The predicted octanol–water partition coefficient (Wildman–Crippen LogP) is 2.50. The van der Waals surface area contributed by atoms with E-state index in [1.54, 1.807) is 6.07 Å². The molecule has 1 atom stereocenters. The van der Waals surface area contributed by atoms with Gasteiger partial charge in [-0.25, -0.2) is 0 Å². The van der Waals surface area contributed by atoms with Gasteiger partial charge in [0.15, 0.2) is 0 Å². The number of anilines is 1. The van der Waals surface area contributed by atoms with Gasteiger partial charge in [0.1, 0.15) is 5.75 Å². The zero-order chi connectivity index (χ0) is 18.4. The SMILES string of the molecule is CCOc1ccccc1NC(=O)[C@@H](Cc1cccc(C)c1)c1nnn[n-]1. The first kappa shape index (κ1) is 17.6. The number of amides is 1. The molecule has 0 bridgehead atoms. The molecule has 0 aliphatic carbocycles. The van der Waals surface area contributed by atoms with E-state index in [0.717, 1.165) is 11.1 Å². The number of tetrazole rings is 1. The van der Waals surface area contributed by atoms with Gasteiger partial charge in [0.2, 0.25) is 5.91 Å². The fourth-order valence-corrected chi connectivity index (χ4v) is 2.74. The Morgan fingerprint density at radius 3 is 2.81 bits per heavy atom. The van der Waals surface area contributed by atoms with Gasteiger partial charge >= 0.3 is 0 Å². The number of hydrogen-bond donors (Lipinski definition) is 1. The Hall–Kier alpha value is -3.22. The molecular formula is C19H20N5O2-. The van der Waals surface area contributed by atoms with Gasteiger partial charge in [0.05, 0.1) is 18.2 Å². The highest BCUT2D eigenvalue weighted by Crippen LogP contribution is 2.26. The largest absolute Gasteiger partial charge is 0.492 e. The van der Waals surface area contributed by atoms with Gasteiger partial charge in [-0.15, -0.1) is 0 Å². The van der Waals surface area contributed by atoms with Gasteiger partial charge in [-0.3, -0.25) is 15.1 Å². The van der Waals surface area contributed by atoms with Crippen LogP contribution in [0, 0.1) is 6.92 Å². The Morgan fingerprint density at radius 1 is 1.23 bits per heavy atom. The van der Waals surface area contributed by atoms with Crippen LogP contribution in [0.5, 0.6) is 5.75 Å². The lowest BCUT2D eigenvalue weighted by Gasteiger charge is -2.18. The van der Waals surface area contributed by atoms with E-state index >= 15 is 0 Å². The van der Waals surface area contributed by atoms with Crippen molar-refractivity contribution in [1.29, 1.82) is 0 Å². The highest BCUT2D eigenvalue weighted by Gasteiger charge is 2.22. The maximum absolute atomic E-state index is 13.0. The lowest BCUT2D eigenvalue weighted by Crippen LogP contribution is -2.25. The smallest absolute Gasteiger partial charge is 0.232 e. The van der Waals surface area contributed by atoms with Crippen molar-refractivity contribution in [3.63, 3.8) is 0 Å². The van der Waals surface area contributed by atoms with E-state index < -0.39 is 5.92 Å². The first-order valence-electron chi connectivity index (χ1n) is 8.44. The summed E-state index contributed by atoms with van der Waals surface area (Å²) in [6.45, 7) is 4.42. The Balaban J connectivity index is 1.84. The molecule has 0 unspecified atom stereocenters. The van der Waals surface area contributed by atoms with E-state index in [1.807, 2.05) is 56.3 Å². The van der Waals surface area contributed by atoms with E-state index in [0.29, 0.717) is 30.3 Å². The maximum Gasteiger partial charge on any atom is 0.232 e. The van der Waals surface area contributed by atoms with Crippen LogP contribution in [0.15, 0.2) is 48.5 Å². The molecule has 2 aromatic carbocycles. The van der Waals surface area contributed by atoms with Crippen molar-refractivity contribution in [3.8, 4) is 5.75 Å². The van der Waals surface area contributed by atoms with Crippen molar-refractivity contribution >= 4 is 11.6 Å². The number of aromatic nitrogens is 4. The van der Waals surface area contributed by atoms with Gasteiger partial charge in [0.25, 0.3) is 0 Å². The molecule has 0 saturated carbocycles. The van der Waals surface area contributed by atoms with Crippen LogP contribution in [0.2, 0.25) is 0 Å². The Bertz CT molecular complexity index is 864. The summed E-state index contributed by atoms with van der Waals surface area (Å²) < 4.78 is 5.57. The molecule has 0 saturated heterocycles. The zero-order valence-corrected chi connectivity index (χ0v) is 14.7. The number of ether oxygens (including phenoxy) is 1. The molecule has 0 fully saturated rings. The highest BCUT2D eigenvalue weighted by molar-refractivity contribution is 5.96. The Morgan fingerprint density at radius 2 is 2.08 bits per heavy atom. The van der Waals surface area contributed by atoms with Gasteiger partial charge < -0.3 is 15.2 Å². The number of benzene rings is 2. The van der Waals surface area contributed by atoms with Crippen molar-refractivity contribution in [1.82, 2.24) is 20.6 Å². The van der Waals surface area contributed by atoms with Crippen molar-refractivity contribution < 1.29 is 9.53 Å². The second-order valence-corrected chi connectivity index (χ2v) is 5.90. The van der Waals surface area contributed by atoms with Crippen molar-refractivity contribution in [2.75, 3.05) is 11.9 Å². The minimum Gasteiger partial charge on any atom is -0.492 e. The standard InChI is InChI=1S/C19H21N5O2/c1-3-26-17-10-5-4-9-16(17)20-19(25)15(18-21-23-24-22-18)12-14-8-6-7-13(2)11-14/h4-11,15H,3,12H2,1-2H3,(H2,20,21,22,23,24,25)/p-1/t15-/m0/s1. The van der Waals surface area contributed by atoms with Crippen molar-refractivity contribution in [3.05, 3.63) is 65.5 Å². The number of carbonyl (C=O) groups is 1. The van der Waals surface area contributed by atoms with Crippen molar-refractivity contribution in [2.45, 2.75) is 26.2 Å². The Labute approximate surface area is 151 Å². The molecule has 0 aliphatic heterocycles. The molecule has 134 valence electrons. The van der Waals surface area contributed by atoms with Crippen LogP contribution in [0.1, 0.15) is 29.8 Å². The average Bonchev–Trinajstić information content (AvgIpc) is 3.16. The molecule has 0 radical (unpaired) electrons. The molecule has 7 nitrogen and oxygen atoms in total. The lowest BCUT2D eigenvalue weighted by atomic mass is 9.96. The number of aryl methyl sites for hydroxylation is 1. The third kappa shape index (κ3) is 4.24. The third-order valence-electron chi connectivity index (χ3n) is 3.93. The van der Waals surface area contributed by atoms with E-state index in [4.69, 9.17) is 4.74 Å². The van der Waals surface area contributed by atoms with Crippen LogP contribution in [-0.4, -0.2) is 28.0 Å². The zero-order valence-electron chi connectivity index (χ0n) is 14.7. The molecule has 0 spiro atoms. The summed E-state index contributed by atoms with van der Waals surface area (Å²) in [5.74, 6) is 0.102. The molecule has 0 aliphatic rings. The highest BCUT2D eigenvalue weighted by atomic mass is 16.5. The Kier molecular flexibility index (Phi) is 5.58. The molecular weight excluding hydrogens is 330 g/mol. The molecule has 1 amide bonds.